The number of nitrogens with one attached hydrogen (secondary N) is 1. The molecule has 7 unspecified atom stereocenters. The number of carbonyl (C=O) groups excluding carboxylic acids is 2. The van der Waals surface area contributed by atoms with Gasteiger partial charge < -0.3 is 45.1 Å². The Hall–Kier alpha value is -1.86. The normalized spacial score (nSPS) is 18.8. The average Bonchev–Trinajstić information content (AvgIpc) is 3.42. The number of unbranched alkanes of at least 4 members (excludes halogenated alkanes) is 41. The summed E-state index contributed by atoms with van der Waals surface area (Å²) in [5.74, 6) is -0.179. The molecule has 6 N–H and O–H groups in total. The lowest BCUT2D eigenvalue weighted by atomic mass is 9.99. The average molecular weight is 1080 g/mol. The van der Waals surface area contributed by atoms with Crippen LogP contribution in [0.5, 0.6) is 0 Å². The Morgan fingerprint density at radius 3 is 1.26 bits per heavy atom. The Morgan fingerprint density at radius 2 is 0.842 bits per heavy atom. The van der Waals surface area contributed by atoms with Crippen molar-refractivity contribution in [1.82, 2.24) is 5.32 Å². The molecular formula is C65H123NO10. The molecule has 0 aliphatic carbocycles. The highest BCUT2D eigenvalue weighted by Crippen LogP contribution is 2.23. The molecule has 448 valence electrons. The van der Waals surface area contributed by atoms with Crippen molar-refractivity contribution in [2.75, 3.05) is 19.8 Å². The van der Waals surface area contributed by atoms with E-state index in [1.54, 1.807) is 6.08 Å². The standard InChI is InChI=1S/C65H123NO10/c1-3-5-7-9-11-13-14-29-33-37-41-45-49-53-61(70)74-54-50-46-42-38-34-31-28-26-24-22-20-18-16-15-17-19-21-23-25-27-30-32-36-40-44-48-52-60(69)66-57(58(68)51-47-43-39-35-12-10-8-6-4-2)56-75-65-64(73)63(72)62(71)59(55-67)76-65/h15,17,47,51,57-59,62-65,67-68,71-73H,3-14,16,18-46,48-50,52-56H2,1-2H3,(H,66,69)/b17-15-,51-47+. The van der Waals surface area contributed by atoms with Crippen LogP contribution in [0.3, 0.4) is 0 Å². The van der Waals surface area contributed by atoms with E-state index in [1.807, 2.05) is 6.08 Å². The molecule has 7 atom stereocenters. The van der Waals surface area contributed by atoms with Gasteiger partial charge in [-0.15, -0.1) is 0 Å². The van der Waals surface area contributed by atoms with E-state index in [0.29, 0.717) is 19.4 Å². The quantitative estimate of drug-likeness (QED) is 0.0195. The van der Waals surface area contributed by atoms with Crippen LogP contribution in [0.25, 0.3) is 0 Å². The van der Waals surface area contributed by atoms with Crippen molar-refractivity contribution in [2.24, 2.45) is 0 Å². The van der Waals surface area contributed by atoms with Gasteiger partial charge in [0.05, 0.1) is 32.0 Å². The fraction of sp³-hybridized carbons (Fsp3) is 0.908. The molecule has 1 amide bonds. The molecule has 0 aromatic rings. The molecule has 0 aromatic heterocycles. The summed E-state index contributed by atoms with van der Waals surface area (Å²) in [5, 5.41) is 54.2. The third-order valence-corrected chi connectivity index (χ3v) is 15.6. The number of esters is 1. The SMILES string of the molecule is CCCCCCCCC/C=C/C(O)C(COC1OC(CO)C(O)C(O)C1O)NC(=O)CCCCCCCCCCCC/C=C\CCCCCCCCCCCCCCOC(=O)CCCCCCCCCCCCCCC. The summed E-state index contributed by atoms with van der Waals surface area (Å²) in [5.41, 5.74) is 0. The smallest absolute Gasteiger partial charge is 0.305 e. The third-order valence-electron chi connectivity index (χ3n) is 15.6. The minimum absolute atomic E-state index is 0.00602. The number of rotatable bonds is 57. The summed E-state index contributed by atoms with van der Waals surface area (Å²) in [7, 11) is 0. The van der Waals surface area contributed by atoms with Gasteiger partial charge in [-0.2, -0.15) is 0 Å². The fourth-order valence-electron chi connectivity index (χ4n) is 10.4. The van der Waals surface area contributed by atoms with Crippen LogP contribution in [0.2, 0.25) is 0 Å². The highest BCUT2D eigenvalue weighted by molar-refractivity contribution is 5.76. The van der Waals surface area contributed by atoms with Crippen molar-refractivity contribution in [2.45, 2.75) is 358 Å². The van der Waals surface area contributed by atoms with Crippen molar-refractivity contribution >= 4 is 11.9 Å². The molecule has 1 aliphatic heterocycles. The minimum Gasteiger partial charge on any atom is -0.466 e. The van der Waals surface area contributed by atoms with Crippen molar-refractivity contribution in [3.05, 3.63) is 24.3 Å². The van der Waals surface area contributed by atoms with Crippen LogP contribution in [0, 0.1) is 0 Å². The zero-order valence-corrected chi connectivity index (χ0v) is 49.5. The molecule has 1 saturated heterocycles. The largest absolute Gasteiger partial charge is 0.466 e. The van der Waals surface area contributed by atoms with Crippen LogP contribution in [0.1, 0.15) is 316 Å². The Kier molecular flexibility index (Phi) is 52.3. The van der Waals surface area contributed by atoms with Crippen LogP contribution in [0.4, 0.5) is 0 Å². The topological polar surface area (TPSA) is 175 Å². The Bertz CT molecular complexity index is 1310. The van der Waals surface area contributed by atoms with Gasteiger partial charge in [0.2, 0.25) is 5.91 Å². The number of aliphatic hydroxyl groups excluding tert-OH is 5. The van der Waals surface area contributed by atoms with Gasteiger partial charge in [-0.25, -0.2) is 0 Å². The Balaban J connectivity index is 1.96. The van der Waals surface area contributed by atoms with Crippen LogP contribution >= 0.6 is 0 Å². The molecule has 0 spiro atoms. The highest BCUT2D eigenvalue weighted by atomic mass is 16.7. The van der Waals surface area contributed by atoms with Crippen LogP contribution < -0.4 is 5.32 Å². The predicted octanol–water partition coefficient (Wildman–Crippen LogP) is 15.7. The summed E-state index contributed by atoms with van der Waals surface area (Å²) in [6, 6.07) is -0.809. The first-order chi connectivity index (χ1) is 37.2. The Labute approximate surface area is 467 Å². The zero-order chi connectivity index (χ0) is 55.2. The van der Waals surface area contributed by atoms with Crippen LogP contribution in [0.15, 0.2) is 24.3 Å². The number of aliphatic hydroxyl groups is 5. The maximum atomic E-state index is 13.0. The van der Waals surface area contributed by atoms with Crippen molar-refractivity contribution in [3.63, 3.8) is 0 Å². The number of amides is 1. The number of ether oxygens (including phenoxy) is 3. The second-order valence-electron chi connectivity index (χ2n) is 22.8. The van der Waals surface area contributed by atoms with E-state index < -0.39 is 49.5 Å². The fourth-order valence-corrected chi connectivity index (χ4v) is 10.4. The van der Waals surface area contributed by atoms with Gasteiger partial charge in [0, 0.05) is 12.8 Å². The maximum absolute atomic E-state index is 13.0. The van der Waals surface area contributed by atoms with Gasteiger partial charge in [0.1, 0.15) is 24.4 Å². The molecule has 1 fully saturated rings. The summed E-state index contributed by atoms with van der Waals surface area (Å²) >= 11 is 0. The van der Waals surface area contributed by atoms with Gasteiger partial charge in [-0.05, 0) is 57.8 Å². The molecule has 76 heavy (non-hydrogen) atoms. The summed E-state index contributed by atoms with van der Waals surface area (Å²) in [4.78, 5) is 25.0. The number of allylic oxidation sites excluding steroid dienone is 3. The maximum Gasteiger partial charge on any atom is 0.305 e. The van der Waals surface area contributed by atoms with E-state index >= 15 is 0 Å². The van der Waals surface area contributed by atoms with E-state index in [1.165, 1.54) is 231 Å². The monoisotopic (exact) mass is 1080 g/mol. The van der Waals surface area contributed by atoms with Gasteiger partial charge in [0.15, 0.2) is 6.29 Å². The molecular weight excluding hydrogens is 955 g/mol. The lowest BCUT2D eigenvalue weighted by Gasteiger charge is -2.40. The van der Waals surface area contributed by atoms with E-state index in [4.69, 9.17) is 14.2 Å². The molecule has 0 bridgehead atoms. The van der Waals surface area contributed by atoms with E-state index in [-0.39, 0.29) is 18.5 Å². The van der Waals surface area contributed by atoms with E-state index in [2.05, 4.69) is 31.3 Å². The minimum atomic E-state index is -1.57. The van der Waals surface area contributed by atoms with E-state index in [9.17, 15) is 35.1 Å². The molecule has 1 rings (SSSR count). The van der Waals surface area contributed by atoms with Crippen molar-refractivity contribution in [1.29, 1.82) is 0 Å². The zero-order valence-electron chi connectivity index (χ0n) is 49.5. The molecule has 1 heterocycles. The summed E-state index contributed by atoms with van der Waals surface area (Å²) in [6.45, 7) is 4.33. The predicted molar refractivity (Wildman–Crippen MR) is 315 cm³/mol. The van der Waals surface area contributed by atoms with Crippen molar-refractivity contribution < 1.29 is 49.3 Å². The summed E-state index contributed by atoms with van der Waals surface area (Å²) in [6.07, 6.45) is 57.3. The van der Waals surface area contributed by atoms with Gasteiger partial charge in [0.25, 0.3) is 0 Å². The second-order valence-corrected chi connectivity index (χ2v) is 22.8. The number of hydrogen-bond donors (Lipinski definition) is 6. The molecule has 0 radical (unpaired) electrons. The van der Waals surface area contributed by atoms with Crippen LogP contribution in [-0.4, -0.2) is 100 Å². The molecule has 0 aromatic carbocycles. The van der Waals surface area contributed by atoms with Gasteiger partial charge in [-0.1, -0.05) is 269 Å². The first-order valence-corrected chi connectivity index (χ1v) is 32.6. The number of carbonyl (C=O) groups is 2. The van der Waals surface area contributed by atoms with E-state index in [0.717, 1.165) is 57.8 Å². The first kappa shape index (κ1) is 72.2. The Morgan fingerprint density at radius 1 is 0.474 bits per heavy atom. The van der Waals surface area contributed by atoms with Gasteiger partial charge >= 0.3 is 5.97 Å². The molecule has 1 aliphatic rings. The third kappa shape index (κ3) is 44.0. The molecule has 11 nitrogen and oxygen atoms in total. The lowest BCUT2D eigenvalue weighted by Crippen LogP contribution is -2.60. The van der Waals surface area contributed by atoms with Gasteiger partial charge in [-0.3, -0.25) is 9.59 Å². The van der Waals surface area contributed by atoms with Crippen LogP contribution in [-0.2, 0) is 23.8 Å². The second kappa shape index (κ2) is 55.1. The lowest BCUT2D eigenvalue weighted by molar-refractivity contribution is -0.302. The molecule has 0 saturated carbocycles. The number of hydrogen-bond acceptors (Lipinski definition) is 10. The first-order valence-electron chi connectivity index (χ1n) is 32.6. The highest BCUT2D eigenvalue weighted by Gasteiger charge is 2.44. The molecule has 11 heteroatoms. The van der Waals surface area contributed by atoms with Crippen molar-refractivity contribution in [3.8, 4) is 0 Å². The summed E-state index contributed by atoms with van der Waals surface area (Å²) < 4.78 is 16.7.